The van der Waals surface area contributed by atoms with Crippen LogP contribution in [0.25, 0.3) is 33.8 Å². The zero-order chi connectivity index (χ0) is 98.5. The van der Waals surface area contributed by atoms with Crippen molar-refractivity contribution in [3.05, 3.63) is 333 Å². The summed E-state index contributed by atoms with van der Waals surface area (Å²) < 4.78 is 109. The first-order valence-electron chi connectivity index (χ1n) is 44.6. The lowest BCUT2D eigenvalue weighted by atomic mass is 9.98. The number of aromatic nitrogens is 8. The number of rotatable bonds is 21. The molecule has 0 bridgehead atoms. The summed E-state index contributed by atoms with van der Waals surface area (Å²) in [5.41, 5.74) is 16.5. The fraction of sp³-hybridized carbons (Fsp3) is 0.277. The maximum Gasteiger partial charge on any atom is 0.363 e. The SMILES string of the molecule is CO.COc1ccc(CN2Cc3nc(-c4c(F)cccc4F)cc(Cc4ccc(N5CCCC5)cn4)c3C2=O)c(OC)c1.COc1ccc(CN2Cc3nc(-c4c(F)cccc4F)cc(Cl)c3C2=O)c(OC)c1.Nc1ccc(N2CCCC2)cn1.O=C1NCc2nc(-c3c(F)cccc3F)cc(Cc3ccc(N4CCCC4)cn3)c21.O=[N+]([O-])c1ccc(Br)cn1.O=[N+]([O-])c1ccc(N2CCCC2)cn1. The van der Waals surface area contributed by atoms with Crippen molar-refractivity contribution in [2.24, 2.45) is 0 Å². The van der Waals surface area contributed by atoms with E-state index < -0.39 is 44.7 Å². The van der Waals surface area contributed by atoms with E-state index in [0.717, 1.165) is 116 Å². The predicted molar refractivity (Wildman–Crippen MR) is 517 cm³/mol. The molecule has 13 aromatic rings. The molecule has 139 heavy (non-hydrogen) atoms. The van der Waals surface area contributed by atoms with Crippen molar-refractivity contribution in [3.63, 3.8) is 0 Å². The molecule has 38 heteroatoms. The molecule has 0 atom stereocenters. The zero-order valence-corrected chi connectivity index (χ0v) is 78.9. The molecule has 4 fully saturated rings. The van der Waals surface area contributed by atoms with Gasteiger partial charge in [0.25, 0.3) is 17.7 Å². The highest BCUT2D eigenvalue weighted by Gasteiger charge is 2.37. The van der Waals surface area contributed by atoms with Crippen LogP contribution in [-0.4, -0.2) is 170 Å². The van der Waals surface area contributed by atoms with Gasteiger partial charge in [-0.3, -0.25) is 24.4 Å². The molecular formula is C101H98BrClF6N18O12. The number of aliphatic hydroxyl groups is 1. The van der Waals surface area contributed by atoms with Gasteiger partial charge >= 0.3 is 11.6 Å². The van der Waals surface area contributed by atoms with Gasteiger partial charge in [-0.2, -0.15) is 0 Å². The van der Waals surface area contributed by atoms with E-state index in [1.54, 1.807) is 79.8 Å². The Morgan fingerprint density at radius 3 is 1.14 bits per heavy atom. The molecule has 720 valence electrons. The fourth-order valence-corrected chi connectivity index (χ4v) is 17.6. The topological polar surface area (TPSA) is 355 Å². The fourth-order valence-electron chi connectivity index (χ4n) is 17.0. The van der Waals surface area contributed by atoms with Crippen LogP contribution in [0.4, 0.5) is 66.5 Å². The summed E-state index contributed by atoms with van der Waals surface area (Å²) in [7, 11) is 7.23. The Balaban J connectivity index is 0.000000141. The third kappa shape index (κ3) is 24.3. The van der Waals surface area contributed by atoms with E-state index in [1.807, 2.05) is 73.2 Å². The van der Waals surface area contributed by atoms with E-state index in [0.29, 0.717) is 81.0 Å². The number of carbonyl (C=O) groups excluding carboxylic acids is 3. The quantitative estimate of drug-likeness (QED) is 0.0342. The summed E-state index contributed by atoms with van der Waals surface area (Å²) in [5, 5.41) is 30.3. The van der Waals surface area contributed by atoms with Crippen molar-refractivity contribution >= 4 is 85.5 Å². The maximum absolute atomic E-state index is 14.8. The van der Waals surface area contributed by atoms with Crippen molar-refractivity contribution in [1.82, 2.24) is 55.0 Å². The number of methoxy groups -OCH3 is 4. The van der Waals surface area contributed by atoms with Crippen molar-refractivity contribution in [2.75, 3.05) is 113 Å². The van der Waals surface area contributed by atoms with E-state index in [1.165, 1.54) is 131 Å². The molecule has 0 radical (unpaired) electrons. The van der Waals surface area contributed by atoms with E-state index in [-0.39, 0.29) is 106 Å². The monoisotopic (exact) mass is 1980 g/mol. The molecule has 8 aromatic heterocycles. The number of aliphatic hydroxyl groups excluding tert-OH is 1. The van der Waals surface area contributed by atoms with Gasteiger partial charge < -0.3 is 84.7 Å². The number of fused-ring (bicyclic) bond motifs is 3. The number of hydrogen-bond donors (Lipinski definition) is 3. The normalized spacial score (nSPS) is 14.1. The van der Waals surface area contributed by atoms with Crippen LogP contribution in [0.5, 0.6) is 23.0 Å². The molecule has 3 amide bonds. The van der Waals surface area contributed by atoms with Crippen LogP contribution in [0.1, 0.15) is 133 Å². The van der Waals surface area contributed by atoms with E-state index in [2.05, 4.69) is 80.7 Å². The number of benzene rings is 5. The summed E-state index contributed by atoms with van der Waals surface area (Å²) in [5.74, 6) is -2.18. The van der Waals surface area contributed by atoms with Gasteiger partial charge in [0.05, 0.1) is 180 Å². The molecule has 0 saturated carbocycles. The Bertz CT molecular complexity index is 6510. The number of halogens is 8. The first kappa shape index (κ1) is 100.0. The minimum atomic E-state index is -0.748. The average Bonchev–Trinajstić information content (AvgIpc) is 1.54. The van der Waals surface area contributed by atoms with E-state index in [4.69, 9.17) is 41.4 Å². The molecule has 4 saturated heterocycles. The second-order valence-electron chi connectivity index (χ2n) is 32.7. The molecule has 7 aliphatic heterocycles. The van der Waals surface area contributed by atoms with Crippen LogP contribution in [0.3, 0.4) is 0 Å². The lowest BCUT2D eigenvalue weighted by Crippen LogP contribution is -2.24. The molecule has 7 aliphatic rings. The van der Waals surface area contributed by atoms with Gasteiger partial charge in [-0.1, -0.05) is 29.8 Å². The van der Waals surface area contributed by atoms with E-state index in [9.17, 15) is 61.0 Å². The molecule has 30 nitrogen and oxygen atoms in total. The molecule has 0 spiro atoms. The number of nitrogens with zero attached hydrogens (tertiary/aromatic N) is 16. The number of hydrogen-bond acceptors (Lipinski definition) is 25. The smallest absolute Gasteiger partial charge is 0.363 e. The molecule has 0 aliphatic carbocycles. The van der Waals surface area contributed by atoms with Gasteiger partial charge in [0.2, 0.25) is 0 Å². The third-order valence-corrected chi connectivity index (χ3v) is 24.7. The lowest BCUT2D eigenvalue weighted by molar-refractivity contribution is -0.389. The standard InChI is InChI=1S/C32H30F2N4O3.C23H20F2N4O.C22H17ClF2N2O3.C9H11N3O2.C9H13N3.C5H3BrN2O2.CH4O/c1-40-24-11-8-20(29(16-24)41-2)18-38-19-28-30(32(38)39)21(15-27(36-28)31-25(33)6-5-7-26(31)34)14-22-9-10-23(17-35-22)37-12-3-4-13-37;24-17-4-3-5-18(25)22(17)19-11-14(21-20(28-19)13-27-23(21)30)10-15-6-7-16(12-26-15)29-8-1-2-9-29;1-29-13-7-6-12(19(8-13)30-2)10-27-11-18-20(22(27)28)14(23)9-17(26-18)21-15(24)4-3-5-16(21)25;13-12(14)9-4-3-8(7-10-9)11-5-1-2-6-11;10-9-4-3-8(7-11-9)12-5-1-2-6-12;6-4-1-2-5(7-3-4)8(9)10;1-2/h5-11,15-17H,3-4,12-14,18-19H2,1-2H3;3-7,11-12H,1-2,8-10,13H2,(H,27,30);3-9H,10-11H2,1-2H3;3-4,7H,1-2,5-6H2;3-4,7H,1-2,5-6H2,(H2,10,11);1-3H;2H,1H3. The first-order chi connectivity index (χ1) is 67.3. The second-order valence-corrected chi connectivity index (χ2v) is 34.1. The number of anilines is 5. The number of ether oxygens (including phenoxy) is 4. The predicted octanol–water partition coefficient (Wildman–Crippen LogP) is 18.7. The van der Waals surface area contributed by atoms with Crippen molar-refractivity contribution in [2.45, 2.75) is 96.9 Å². The highest BCUT2D eigenvalue weighted by atomic mass is 79.9. The molecule has 4 N–H and O–H groups in total. The van der Waals surface area contributed by atoms with Crippen molar-refractivity contribution in [1.29, 1.82) is 0 Å². The number of nitrogen functional groups attached to an aromatic ring is 1. The van der Waals surface area contributed by atoms with Crippen LogP contribution in [0.2, 0.25) is 5.02 Å². The number of nitrogens with two attached hydrogens (primary N) is 1. The number of carbonyl (C=O) groups is 3. The Morgan fingerprint density at radius 2 is 0.777 bits per heavy atom. The van der Waals surface area contributed by atoms with Gasteiger partial charge in [0, 0.05) is 119 Å². The summed E-state index contributed by atoms with van der Waals surface area (Å²) in [6, 6.07) is 44.3. The van der Waals surface area contributed by atoms with Crippen LogP contribution in [0, 0.1) is 55.1 Å². The maximum atomic E-state index is 14.8. The highest BCUT2D eigenvalue weighted by Crippen LogP contribution is 2.40. The van der Waals surface area contributed by atoms with Gasteiger partial charge in [-0.15, -0.1) is 0 Å². The molecule has 20 rings (SSSR count). The van der Waals surface area contributed by atoms with Crippen LogP contribution in [-0.2, 0) is 45.6 Å². The summed E-state index contributed by atoms with van der Waals surface area (Å²) >= 11 is 9.43. The van der Waals surface area contributed by atoms with Crippen LogP contribution >= 0.6 is 27.5 Å². The third-order valence-electron chi connectivity index (χ3n) is 23.9. The van der Waals surface area contributed by atoms with Gasteiger partial charge in [-0.25, -0.2) is 46.3 Å². The van der Waals surface area contributed by atoms with Gasteiger partial charge in [0.15, 0.2) is 12.4 Å². The van der Waals surface area contributed by atoms with Crippen LogP contribution in [0.15, 0.2) is 205 Å². The Kier molecular flexibility index (Phi) is 33.6. The largest absolute Gasteiger partial charge is 0.497 e. The second kappa shape index (κ2) is 46.7. The molecule has 15 heterocycles. The molecular weight excluding hydrogens is 1890 g/mol. The van der Waals surface area contributed by atoms with Gasteiger partial charge in [-0.05, 0) is 226 Å². The number of pyridine rings is 8. The number of amides is 3. The minimum absolute atomic E-state index is 0.0472. The minimum Gasteiger partial charge on any atom is -0.497 e. The first-order valence-corrected chi connectivity index (χ1v) is 45.8. The van der Waals surface area contributed by atoms with Crippen molar-refractivity contribution < 1.29 is 74.6 Å². The zero-order valence-electron chi connectivity index (χ0n) is 76.5. The van der Waals surface area contributed by atoms with E-state index >= 15 is 0 Å². The Hall–Kier alpha value is -15.0. The lowest BCUT2D eigenvalue weighted by Gasteiger charge is -2.18. The van der Waals surface area contributed by atoms with Crippen molar-refractivity contribution in [3.8, 4) is 56.8 Å². The summed E-state index contributed by atoms with van der Waals surface area (Å²) in [6.45, 7) is 9.60. The van der Waals surface area contributed by atoms with Gasteiger partial charge in [0.1, 0.15) is 63.7 Å². The molecule has 0 unspecified atom stereocenters. The Labute approximate surface area is 810 Å². The average molecular weight is 1990 g/mol. The number of nitrogens with one attached hydrogen (secondary N) is 1. The van der Waals surface area contributed by atoms with Crippen LogP contribution < -0.4 is 49.6 Å². The number of nitro groups is 2. The summed E-state index contributed by atoms with van der Waals surface area (Å²) in [4.78, 5) is 105. The summed E-state index contributed by atoms with van der Waals surface area (Å²) in [6.07, 6.45) is 18.9. The highest BCUT2D eigenvalue weighted by molar-refractivity contribution is 9.10. The Morgan fingerprint density at radius 1 is 0.417 bits per heavy atom. The molecule has 5 aromatic carbocycles.